The number of cyclic esters (lactones) is 1. The third kappa shape index (κ3) is 4.56. The van der Waals surface area contributed by atoms with E-state index in [0.29, 0.717) is 24.9 Å². The highest BCUT2D eigenvalue weighted by atomic mass is 16.6. The molecule has 1 N–H and O–H groups in total. The maximum absolute atomic E-state index is 14.8. The number of ether oxygens (including phenoxy) is 2. The van der Waals surface area contributed by atoms with Crippen molar-refractivity contribution in [1.29, 1.82) is 0 Å². The van der Waals surface area contributed by atoms with Crippen LogP contribution in [0, 0.1) is 17.8 Å². The fourth-order valence-electron chi connectivity index (χ4n) is 7.50. The fourth-order valence-corrected chi connectivity index (χ4v) is 7.50. The average Bonchev–Trinajstić information content (AvgIpc) is 3.34. The van der Waals surface area contributed by atoms with E-state index < -0.39 is 41.1 Å². The molecule has 5 rings (SSSR count). The Morgan fingerprint density at radius 1 is 1.00 bits per heavy atom. The first-order chi connectivity index (χ1) is 20.2. The van der Waals surface area contributed by atoms with Crippen molar-refractivity contribution in [2.24, 2.45) is 17.8 Å². The standard InChI is InChI=1S/C33H45N3O6/c1-6-22(5)25(21-37)36-28-30(39)35(24-15-13-23(14-16-24)34(8-3)9-4)19-12-18-33(28)26(29(36)38)27-31(40)41-20-11-10-17-32(27,7-2)42-33/h10,12-18,22,25-28,37H,6-9,11,19-21H2,1-5H3/t22-,25-,26-,27-,28?,32+,33-/m0/s1. The van der Waals surface area contributed by atoms with Gasteiger partial charge in [0, 0.05) is 31.0 Å². The Kier molecular flexibility index (Phi) is 8.54. The van der Waals surface area contributed by atoms with Crippen molar-refractivity contribution in [3.05, 3.63) is 48.6 Å². The first-order valence-corrected chi connectivity index (χ1v) is 15.5. The summed E-state index contributed by atoms with van der Waals surface area (Å²) >= 11 is 0. The third-order valence-electron chi connectivity index (χ3n) is 9.98. The molecule has 2 fully saturated rings. The zero-order chi connectivity index (χ0) is 30.2. The molecule has 4 heterocycles. The molecule has 7 atom stereocenters. The van der Waals surface area contributed by atoms with Gasteiger partial charge in [-0.05, 0) is 56.9 Å². The average molecular weight is 580 g/mol. The quantitative estimate of drug-likeness (QED) is 0.352. The number of fused-ring (bicyclic) bond motifs is 2. The molecular formula is C33H45N3O6. The Morgan fingerprint density at radius 2 is 1.71 bits per heavy atom. The van der Waals surface area contributed by atoms with Crippen LogP contribution < -0.4 is 9.80 Å². The van der Waals surface area contributed by atoms with Crippen LogP contribution in [0.15, 0.2) is 48.6 Å². The summed E-state index contributed by atoms with van der Waals surface area (Å²) in [5, 5.41) is 10.6. The van der Waals surface area contributed by atoms with E-state index in [4.69, 9.17) is 9.47 Å². The monoisotopic (exact) mass is 579 g/mol. The highest BCUT2D eigenvalue weighted by molar-refractivity contribution is 6.06. The fraction of sp³-hybridized carbons (Fsp3) is 0.606. The molecule has 4 aliphatic heterocycles. The molecule has 2 amide bonds. The normalized spacial score (nSPS) is 32.0. The lowest BCUT2D eigenvalue weighted by Crippen LogP contribution is -2.60. The largest absolute Gasteiger partial charge is 0.465 e. The van der Waals surface area contributed by atoms with Gasteiger partial charge in [0.05, 0.1) is 25.2 Å². The van der Waals surface area contributed by atoms with Crippen molar-refractivity contribution >= 4 is 29.2 Å². The summed E-state index contributed by atoms with van der Waals surface area (Å²) in [4.78, 5) is 48.5. The van der Waals surface area contributed by atoms with Crippen molar-refractivity contribution < 1.29 is 29.0 Å². The zero-order valence-corrected chi connectivity index (χ0v) is 25.5. The maximum atomic E-state index is 14.8. The molecule has 0 aliphatic carbocycles. The summed E-state index contributed by atoms with van der Waals surface area (Å²) in [7, 11) is 0. The number of carbonyl (C=O) groups is 3. The minimum absolute atomic E-state index is 0.0863. The molecule has 9 heteroatoms. The number of aliphatic hydroxyl groups excluding tert-OH is 1. The highest BCUT2D eigenvalue weighted by Crippen LogP contribution is 2.59. The number of rotatable bonds is 9. The number of esters is 1. The Morgan fingerprint density at radius 3 is 2.33 bits per heavy atom. The Balaban J connectivity index is 1.65. The van der Waals surface area contributed by atoms with E-state index in [-0.39, 0.29) is 37.5 Å². The second-order valence-electron chi connectivity index (χ2n) is 11.9. The van der Waals surface area contributed by atoms with Crippen molar-refractivity contribution in [3.8, 4) is 0 Å². The van der Waals surface area contributed by atoms with Gasteiger partial charge >= 0.3 is 5.97 Å². The van der Waals surface area contributed by atoms with Crippen LogP contribution in [0.4, 0.5) is 11.4 Å². The number of aliphatic hydroxyl groups is 1. The van der Waals surface area contributed by atoms with Crippen LogP contribution in [0.1, 0.15) is 53.9 Å². The van der Waals surface area contributed by atoms with Gasteiger partial charge in [-0.25, -0.2) is 0 Å². The number of amides is 2. The van der Waals surface area contributed by atoms with Crippen LogP contribution in [-0.2, 0) is 23.9 Å². The van der Waals surface area contributed by atoms with Gasteiger partial charge in [0.2, 0.25) is 5.91 Å². The molecule has 4 aliphatic rings. The SMILES string of the molecule is CC[C@H](C)[C@H](CO)N1C(=O)[C@@H]2[C@H]3C(=O)OCCC=C[C@@]3(CC)O[C@@]23C=CCN(c2ccc(N(CC)CC)cc2)C(=O)C13. The van der Waals surface area contributed by atoms with E-state index in [2.05, 4.69) is 18.7 Å². The van der Waals surface area contributed by atoms with Crippen molar-refractivity contribution in [2.75, 3.05) is 42.6 Å². The third-order valence-corrected chi connectivity index (χ3v) is 9.98. The van der Waals surface area contributed by atoms with E-state index >= 15 is 0 Å². The molecule has 0 saturated carbocycles. The lowest BCUT2D eigenvalue weighted by molar-refractivity contribution is -0.162. The second-order valence-corrected chi connectivity index (χ2v) is 11.9. The van der Waals surface area contributed by atoms with Crippen LogP contribution in [0.25, 0.3) is 0 Å². The second kappa shape index (κ2) is 11.8. The number of carbonyl (C=O) groups excluding carboxylic acids is 3. The lowest BCUT2D eigenvalue weighted by Gasteiger charge is -2.42. The van der Waals surface area contributed by atoms with Crippen LogP contribution in [-0.4, -0.2) is 83.9 Å². The number of likely N-dealkylation sites (tertiary alicyclic amines) is 1. The van der Waals surface area contributed by atoms with Gasteiger partial charge in [-0.3, -0.25) is 14.4 Å². The summed E-state index contributed by atoms with van der Waals surface area (Å²) < 4.78 is 12.6. The first-order valence-electron chi connectivity index (χ1n) is 15.5. The number of benzene rings is 1. The zero-order valence-electron chi connectivity index (χ0n) is 25.5. The van der Waals surface area contributed by atoms with E-state index in [1.165, 1.54) is 0 Å². The Bertz CT molecular complexity index is 1240. The summed E-state index contributed by atoms with van der Waals surface area (Å²) in [6.45, 7) is 12.1. The highest BCUT2D eigenvalue weighted by Gasteiger charge is 2.76. The van der Waals surface area contributed by atoms with Gasteiger partial charge < -0.3 is 29.3 Å². The molecule has 1 aromatic rings. The molecule has 228 valence electrons. The first kappa shape index (κ1) is 30.3. The molecule has 2 saturated heterocycles. The van der Waals surface area contributed by atoms with Crippen molar-refractivity contribution in [3.63, 3.8) is 0 Å². The van der Waals surface area contributed by atoms with Gasteiger partial charge in [0.1, 0.15) is 23.2 Å². The summed E-state index contributed by atoms with van der Waals surface area (Å²) in [5.74, 6) is -3.06. The molecule has 9 nitrogen and oxygen atoms in total. The minimum atomic E-state index is -1.39. The van der Waals surface area contributed by atoms with E-state index in [1.807, 2.05) is 69.3 Å². The predicted octanol–water partition coefficient (Wildman–Crippen LogP) is 3.71. The van der Waals surface area contributed by atoms with E-state index in [1.54, 1.807) is 9.80 Å². The number of hydrogen-bond donors (Lipinski definition) is 1. The number of anilines is 2. The summed E-state index contributed by atoms with van der Waals surface area (Å²) in [5.41, 5.74) is -0.692. The number of nitrogens with zero attached hydrogens (tertiary/aromatic N) is 3. The van der Waals surface area contributed by atoms with Gasteiger partial charge in [-0.15, -0.1) is 0 Å². The van der Waals surface area contributed by atoms with Gasteiger partial charge in [-0.2, -0.15) is 0 Å². The predicted molar refractivity (Wildman–Crippen MR) is 161 cm³/mol. The molecule has 0 aromatic heterocycles. The van der Waals surface area contributed by atoms with Crippen LogP contribution >= 0.6 is 0 Å². The van der Waals surface area contributed by atoms with Gasteiger partial charge in [0.25, 0.3) is 5.91 Å². The molecule has 0 radical (unpaired) electrons. The van der Waals surface area contributed by atoms with E-state index in [9.17, 15) is 19.5 Å². The topological polar surface area (TPSA) is 99.6 Å². The molecule has 42 heavy (non-hydrogen) atoms. The maximum Gasteiger partial charge on any atom is 0.313 e. The van der Waals surface area contributed by atoms with Crippen molar-refractivity contribution in [2.45, 2.75) is 77.2 Å². The summed E-state index contributed by atoms with van der Waals surface area (Å²) in [6.07, 6.45) is 9.27. The van der Waals surface area contributed by atoms with Crippen LogP contribution in [0.3, 0.4) is 0 Å². The minimum Gasteiger partial charge on any atom is -0.465 e. The van der Waals surface area contributed by atoms with Crippen LogP contribution in [0.2, 0.25) is 0 Å². The van der Waals surface area contributed by atoms with Gasteiger partial charge in [-0.1, -0.05) is 51.5 Å². The molecule has 0 bridgehead atoms. The molecule has 1 spiro atoms. The molecule has 1 aromatic carbocycles. The Labute approximate surface area is 249 Å². The molecular weight excluding hydrogens is 534 g/mol. The Hall–Kier alpha value is -3.17. The van der Waals surface area contributed by atoms with Crippen molar-refractivity contribution in [1.82, 2.24) is 4.90 Å². The van der Waals surface area contributed by atoms with Gasteiger partial charge in [0.15, 0.2) is 0 Å². The lowest BCUT2D eigenvalue weighted by atomic mass is 9.73. The van der Waals surface area contributed by atoms with E-state index in [0.717, 1.165) is 18.8 Å². The molecule has 1 unspecified atom stereocenters. The smallest absolute Gasteiger partial charge is 0.313 e. The number of hydrogen-bond acceptors (Lipinski definition) is 7. The summed E-state index contributed by atoms with van der Waals surface area (Å²) in [6, 6.07) is 6.22. The van der Waals surface area contributed by atoms with Crippen LogP contribution in [0.5, 0.6) is 0 Å².